The Labute approximate surface area is 117 Å². The van der Waals surface area contributed by atoms with E-state index in [0.29, 0.717) is 11.4 Å². The molecule has 0 fully saturated rings. The third-order valence-corrected chi connectivity index (χ3v) is 2.57. The molecule has 1 heterocycles. The van der Waals surface area contributed by atoms with Gasteiger partial charge in [-0.05, 0) is 39.0 Å². The van der Waals surface area contributed by atoms with Crippen molar-refractivity contribution in [3.8, 4) is 5.75 Å². The molecule has 0 spiro atoms. The maximum atomic E-state index is 11.8. The molecule has 0 unspecified atom stereocenters. The Balaban J connectivity index is 2.32. The lowest BCUT2D eigenvalue weighted by Gasteiger charge is -2.20. The standard InChI is InChI=1S/C15H18N2O3/c1-15(2,3)20-14(18)17-13-7-5-6-12-11(13)8-10(19-4)9-16-12/h5-9H,1-4H3,(H,17,18). The molecule has 0 saturated heterocycles. The number of aromatic nitrogens is 1. The highest BCUT2D eigenvalue weighted by Crippen LogP contribution is 2.26. The number of carbonyl (C=O) groups excluding carboxylic acids is 1. The van der Waals surface area contributed by atoms with Gasteiger partial charge in [0.15, 0.2) is 0 Å². The smallest absolute Gasteiger partial charge is 0.412 e. The molecule has 0 atom stereocenters. The van der Waals surface area contributed by atoms with E-state index in [1.165, 1.54) is 0 Å². The first-order valence-corrected chi connectivity index (χ1v) is 6.32. The minimum absolute atomic E-state index is 0.493. The molecule has 106 valence electrons. The summed E-state index contributed by atoms with van der Waals surface area (Å²) in [6.07, 6.45) is 1.15. The van der Waals surface area contributed by atoms with Crippen LogP contribution in [0.3, 0.4) is 0 Å². The van der Waals surface area contributed by atoms with Gasteiger partial charge in [-0.15, -0.1) is 0 Å². The van der Waals surface area contributed by atoms with Gasteiger partial charge >= 0.3 is 6.09 Å². The number of pyridine rings is 1. The molecule has 0 saturated carbocycles. The monoisotopic (exact) mass is 274 g/mol. The summed E-state index contributed by atoms with van der Waals surface area (Å²) in [6, 6.07) is 7.33. The molecule has 1 aromatic carbocycles. The van der Waals surface area contributed by atoms with Crippen molar-refractivity contribution in [2.45, 2.75) is 26.4 Å². The summed E-state index contributed by atoms with van der Waals surface area (Å²) >= 11 is 0. The normalized spacial score (nSPS) is 11.2. The predicted molar refractivity (Wildman–Crippen MR) is 78.2 cm³/mol. The van der Waals surface area contributed by atoms with Gasteiger partial charge in [0.1, 0.15) is 11.4 Å². The molecule has 1 N–H and O–H groups in total. The minimum Gasteiger partial charge on any atom is -0.495 e. The van der Waals surface area contributed by atoms with Crippen molar-refractivity contribution in [2.75, 3.05) is 12.4 Å². The van der Waals surface area contributed by atoms with Gasteiger partial charge in [-0.1, -0.05) is 6.07 Å². The lowest BCUT2D eigenvalue weighted by molar-refractivity contribution is 0.0636. The number of benzene rings is 1. The number of rotatable bonds is 2. The van der Waals surface area contributed by atoms with E-state index in [2.05, 4.69) is 10.3 Å². The largest absolute Gasteiger partial charge is 0.495 e. The molecular formula is C15H18N2O3. The second-order valence-corrected chi connectivity index (χ2v) is 5.37. The fourth-order valence-electron chi connectivity index (χ4n) is 1.76. The van der Waals surface area contributed by atoms with Crippen LogP contribution < -0.4 is 10.1 Å². The Bertz CT molecular complexity index is 633. The highest BCUT2D eigenvalue weighted by Gasteiger charge is 2.17. The number of nitrogens with one attached hydrogen (secondary N) is 1. The zero-order valence-electron chi connectivity index (χ0n) is 12.1. The molecule has 0 aliphatic heterocycles. The number of nitrogens with zero attached hydrogens (tertiary/aromatic N) is 1. The summed E-state index contributed by atoms with van der Waals surface area (Å²) in [5.74, 6) is 0.635. The quantitative estimate of drug-likeness (QED) is 0.909. The van der Waals surface area contributed by atoms with Crippen LogP contribution in [0.25, 0.3) is 10.9 Å². The number of anilines is 1. The molecule has 5 nitrogen and oxygen atoms in total. The molecule has 0 aliphatic carbocycles. The number of hydrogen-bond acceptors (Lipinski definition) is 4. The zero-order valence-corrected chi connectivity index (χ0v) is 12.1. The summed E-state index contributed by atoms with van der Waals surface area (Å²) in [4.78, 5) is 16.1. The van der Waals surface area contributed by atoms with Crippen LogP contribution in [0.15, 0.2) is 30.5 Å². The van der Waals surface area contributed by atoms with Crippen molar-refractivity contribution in [2.24, 2.45) is 0 Å². The average Bonchev–Trinajstić information content (AvgIpc) is 2.36. The fourth-order valence-corrected chi connectivity index (χ4v) is 1.76. The predicted octanol–water partition coefficient (Wildman–Crippen LogP) is 3.59. The van der Waals surface area contributed by atoms with E-state index in [0.717, 1.165) is 10.9 Å². The van der Waals surface area contributed by atoms with Crippen molar-refractivity contribution >= 4 is 22.7 Å². The molecule has 2 rings (SSSR count). The highest BCUT2D eigenvalue weighted by molar-refractivity contribution is 5.99. The van der Waals surface area contributed by atoms with Gasteiger partial charge in [-0.25, -0.2) is 4.79 Å². The summed E-state index contributed by atoms with van der Waals surface area (Å²) in [5.41, 5.74) is 0.882. The zero-order chi connectivity index (χ0) is 14.8. The van der Waals surface area contributed by atoms with E-state index in [-0.39, 0.29) is 0 Å². The first kappa shape index (κ1) is 14.1. The Morgan fingerprint density at radius 2 is 2.05 bits per heavy atom. The van der Waals surface area contributed by atoms with Gasteiger partial charge in [-0.3, -0.25) is 10.3 Å². The second-order valence-electron chi connectivity index (χ2n) is 5.37. The van der Waals surface area contributed by atoms with E-state index in [1.807, 2.05) is 39.0 Å². The van der Waals surface area contributed by atoms with Crippen LogP contribution >= 0.6 is 0 Å². The molecule has 5 heteroatoms. The number of amides is 1. The third kappa shape index (κ3) is 3.38. The first-order valence-electron chi connectivity index (χ1n) is 6.32. The lowest BCUT2D eigenvalue weighted by atomic mass is 10.2. The van der Waals surface area contributed by atoms with Gasteiger partial charge < -0.3 is 9.47 Å². The number of hydrogen-bond donors (Lipinski definition) is 1. The van der Waals surface area contributed by atoms with Gasteiger partial charge in [0, 0.05) is 5.39 Å². The number of carbonyl (C=O) groups is 1. The average molecular weight is 274 g/mol. The molecule has 0 radical (unpaired) electrons. The Morgan fingerprint density at radius 3 is 2.70 bits per heavy atom. The van der Waals surface area contributed by atoms with Crippen LogP contribution in [0.5, 0.6) is 5.75 Å². The van der Waals surface area contributed by atoms with Crippen LogP contribution in [0.2, 0.25) is 0 Å². The van der Waals surface area contributed by atoms with E-state index in [9.17, 15) is 4.79 Å². The molecule has 0 bridgehead atoms. The van der Waals surface area contributed by atoms with Crippen molar-refractivity contribution in [1.82, 2.24) is 4.98 Å². The van der Waals surface area contributed by atoms with Gasteiger partial charge in [-0.2, -0.15) is 0 Å². The van der Waals surface area contributed by atoms with Crippen LogP contribution in [0.4, 0.5) is 10.5 Å². The second kappa shape index (κ2) is 5.36. The van der Waals surface area contributed by atoms with Crippen molar-refractivity contribution in [3.63, 3.8) is 0 Å². The first-order chi connectivity index (χ1) is 9.39. The SMILES string of the molecule is COc1cnc2cccc(NC(=O)OC(C)(C)C)c2c1. The number of ether oxygens (including phenoxy) is 2. The van der Waals surface area contributed by atoms with Crippen LogP contribution in [-0.4, -0.2) is 23.8 Å². The minimum atomic E-state index is -0.537. The van der Waals surface area contributed by atoms with Crippen LogP contribution in [-0.2, 0) is 4.74 Å². The van der Waals surface area contributed by atoms with Gasteiger partial charge in [0.05, 0.1) is 24.5 Å². The molecule has 2 aromatic rings. The fraction of sp³-hybridized carbons (Fsp3) is 0.333. The van der Waals surface area contributed by atoms with Crippen LogP contribution in [0.1, 0.15) is 20.8 Å². The van der Waals surface area contributed by atoms with Crippen molar-refractivity contribution in [1.29, 1.82) is 0 Å². The summed E-state index contributed by atoms with van der Waals surface area (Å²) < 4.78 is 10.4. The van der Waals surface area contributed by atoms with E-state index < -0.39 is 11.7 Å². The van der Waals surface area contributed by atoms with E-state index in [1.54, 1.807) is 19.4 Å². The maximum Gasteiger partial charge on any atom is 0.412 e. The molecular weight excluding hydrogens is 256 g/mol. The summed E-state index contributed by atoms with van der Waals surface area (Å²) in [5, 5.41) is 3.54. The molecule has 20 heavy (non-hydrogen) atoms. The molecule has 0 aliphatic rings. The highest BCUT2D eigenvalue weighted by atomic mass is 16.6. The molecule has 1 aromatic heterocycles. The Morgan fingerprint density at radius 1 is 1.30 bits per heavy atom. The summed E-state index contributed by atoms with van der Waals surface area (Å²) in [7, 11) is 1.58. The summed E-state index contributed by atoms with van der Waals surface area (Å²) in [6.45, 7) is 5.46. The molecule has 1 amide bonds. The Kier molecular flexibility index (Phi) is 3.79. The number of methoxy groups -OCH3 is 1. The number of fused-ring (bicyclic) bond motifs is 1. The van der Waals surface area contributed by atoms with E-state index >= 15 is 0 Å². The Hall–Kier alpha value is -2.30. The van der Waals surface area contributed by atoms with Crippen molar-refractivity contribution < 1.29 is 14.3 Å². The maximum absolute atomic E-state index is 11.8. The van der Waals surface area contributed by atoms with Gasteiger partial charge in [0.25, 0.3) is 0 Å². The third-order valence-electron chi connectivity index (χ3n) is 2.57. The van der Waals surface area contributed by atoms with Crippen molar-refractivity contribution in [3.05, 3.63) is 30.5 Å². The van der Waals surface area contributed by atoms with Crippen LogP contribution in [0, 0.1) is 0 Å². The lowest BCUT2D eigenvalue weighted by Crippen LogP contribution is -2.27. The van der Waals surface area contributed by atoms with E-state index in [4.69, 9.17) is 9.47 Å². The van der Waals surface area contributed by atoms with Gasteiger partial charge in [0.2, 0.25) is 0 Å². The topological polar surface area (TPSA) is 60.5 Å².